The predicted molar refractivity (Wildman–Crippen MR) is 87.6 cm³/mol. The largest absolute Gasteiger partial charge is 0.271 e. The van der Waals surface area contributed by atoms with Gasteiger partial charge in [-0.1, -0.05) is 42.3 Å². The fourth-order valence-corrected chi connectivity index (χ4v) is 3.00. The smallest absolute Gasteiger partial charge is 0.0850 e. The van der Waals surface area contributed by atoms with Crippen molar-refractivity contribution in [2.75, 3.05) is 0 Å². The zero-order chi connectivity index (χ0) is 15.4. The molecule has 1 unspecified atom stereocenters. The average Bonchev–Trinajstić information content (AvgIpc) is 2.73. The second-order valence-electron chi connectivity index (χ2n) is 5.09. The van der Waals surface area contributed by atoms with E-state index in [9.17, 15) is 0 Å². The molecule has 0 radical (unpaired) electrons. The third-order valence-corrected chi connectivity index (χ3v) is 4.22. The van der Waals surface area contributed by atoms with Gasteiger partial charge in [-0.15, -0.1) is 0 Å². The van der Waals surface area contributed by atoms with Crippen LogP contribution in [0.15, 0.2) is 24.3 Å². The standard InChI is InChI=1S/C15H20Cl2N4/c1-3-13-15(17)14(21(2)20-13)9-12(19-18)8-10-5-4-6-11(16)7-10/h4-7,12,19H,3,8-9,18H2,1-2H3. The van der Waals surface area contributed by atoms with Crippen molar-refractivity contribution in [3.8, 4) is 0 Å². The molecule has 4 nitrogen and oxygen atoms in total. The molecule has 0 amide bonds. The van der Waals surface area contributed by atoms with Crippen LogP contribution in [0.4, 0.5) is 0 Å². The van der Waals surface area contributed by atoms with Gasteiger partial charge in [-0.05, 0) is 30.5 Å². The van der Waals surface area contributed by atoms with Gasteiger partial charge in [0, 0.05) is 24.5 Å². The van der Waals surface area contributed by atoms with E-state index >= 15 is 0 Å². The first kappa shape index (κ1) is 16.3. The van der Waals surface area contributed by atoms with Gasteiger partial charge in [-0.3, -0.25) is 16.0 Å². The maximum Gasteiger partial charge on any atom is 0.0850 e. The van der Waals surface area contributed by atoms with Crippen LogP contribution in [0.1, 0.15) is 23.9 Å². The maximum absolute atomic E-state index is 6.39. The summed E-state index contributed by atoms with van der Waals surface area (Å²) in [5.41, 5.74) is 5.92. The van der Waals surface area contributed by atoms with E-state index in [4.69, 9.17) is 29.0 Å². The summed E-state index contributed by atoms with van der Waals surface area (Å²) in [6.07, 6.45) is 2.31. The SMILES string of the molecule is CCc1nn(C)c(CC(Cc2cccc(Cl)c2)NN)c1Cl. The van der Waals surface area contributed by atoms with Gasteiger partial charge in [0.05, 0.1) is 16.4 Å². The van der Waals surface area contributed by atoms with E-state index in [2.05, 4.69) is 10.5 Å². The molecular formula is C15H20Cl2N4. The monoisotopic (exact) mass is 326 g/mol. The summed E-state index contributed by atoms with van der Waals surface area (Å²) in [6.45, 7) is 2.04. The van der Waals surface area contributed by atoms with E-state index < -0.39 is 0 Å². The third-order valence-electron chi connectivity index (χ3n) is 3.55. The first-order chi connectivity index (χ1) is 10.0. The van der Waals surface area contributed by atoms with Crippen LogP contribution in [-0.4, -0.2) is 15.8 Å². The molecule has 0 spiro atoms. The summed E-state index contributed by atoms with van der Waals surface area (Å²) < 4.78 is 1.84. The van der Waals surface area contributed by atoms with E-state index in [1.165, 1.54) is 0 Å². The van der Waals surface area contributed by atoms with Gasteiger partial charge in [0.25, 0.3) is 0 Å². The summed E-state index contributed by atoms with van der Waals surface area (Å²) in [4.78, 5) is 0. The minimum atomic E-state index is 0.0704. The zero-order valence-electron chi connectivity index (χ0n) is 12.2. The minimum Gasteiger partial charge on any atom is -0.271 e. The number of benzene rings is 1. The zero-order valence-corrected chi connectivity index (χ0v) is 13.7. The van der Waals surface area contributed by atoms with Gasteiger partial charge in [0.2, 0.25) is 0 Å². The highest BCUT2D eigenvalue weighted by molar-refractivity contribution is 6.32. The molecule has 0 fully saturated rings. The molecule has 3 N–H and O–H groups in total. The number of nitrogens with one attached hydrogen (secondary N) is 1. The van der Waals surface area contributed by atoms with Crippen LogP contribution in [0.3, 0.4) is 0 Å². The Hall–Kier alpha value is -1.07. The lowest BCUT2D eigenvalue weighted by Crippen LogP contribution is -2.39. The van der Waals surface area contributed by atoms with Gasteiger partial charge < -0.3 is 0 Å². The fourth-order valence-electron chi connectivity index (χ4n) is 2.41. The van der Waals surface area contributed by atoms with E-state index in [-0.39, 0.29) is 6.04 Å². The number of halogens is 2. The molecule has 0 aliphatic heterocycles. The van der Waals surface area contributed by atoms with Crippen molar-refractivity contribution in [2.45, 2.75) is 32.2 Å². The van der Waals surface area contributed by atoms with Crippen molar-refractivity contribution in [3.63, 3.8) is 0 Å². The molecule has 1 atom stereocenters. The van der Waals surface area contributed by atoms with E-state index in [0.717, 1.165) is 39.8 Å². The van der Waals surface area contributed by atoms with Crippen LogP contribution >= 0.6 is 23.2 Å². The Morgan fingerprint density at radius 2 is 2.10 bits per heavy atom. The third kappa shape index (κ3) is 3.98. The number of hydrazine groups is 1. The molecule has 6 heteroatoms. The lowest BCUT2D eigenvalue weighted by atomic mass is 10.0. The quantitative estimate of drug-likeness (QED) is 0.634. The van der Waals surface area contributed by atoms with Gasteiger partial charge in [-0.2, -0.15) is 5.10 Å². The Kier molecular flexibility index (Phi) is 5.65. The highest BCUT2D eigenvalue weighted by Gasteiger charge is 2.17. The van der Waals surface area contributed by atoms with Crippen LogP contribution in [0.2, 0.25) is 10.0 Å². The van der Waals surface area contributed by atoms with Gasteiger partial charge in [0.15, 0.2) is 0 Å². The second-order valence-corrected chi connectivity index (χ2v) is 5.90. The Morgan fingerprint density at radius 1 is 1.33 bits per heavy atom. The summed E-state index contributed by atoms with van der Waals surface area (Å²) in [7, 11) is 1.91. The first-order valence-electron chi connectivity index (χ1n) is 6.96. The van der Waals surface area contributed by atoms with Crippen molar-refractivity contribution in [3.05, 3.63) is 51.3 Å². The van der Waals surface area contributed by atoms with Crippen molar-refractivity contribution in [2.24, 2.45) is 12.9 Å². The summed E-state index contributed by atoms with van der Waals surface area (Å²) in [5.74, 6) is 5.69. The number of nitrogens with zero attached hydrogens (tertiary/aromatic N) is 2. The van der Waals surface area contributed by atoms with Gasteiger partial charge >= 0.3 is 0 Å². The molecule has 1 heterocycles. The second kappa shape index (κ2) is 7.27. The summed E-state index contributed by atoms with van der Waals surface area (Å²) in [6, 6.07) is 7.87. The van der Waals surface area contributed by atoms with Crippen molar-refractivity contribution >= 4 is 23.2 Å². The lowest BCUT2D eigenvalue weighted by molar-refractivity contribution is 0.505. The van der Waals surface area contributed by atoms with Crippen LogP contribution in [0.25, 0.3) is 0 Å². The summed E-state index contributed by atoms with van der Waals surface area (Å²) >= 11 is 12.4. The van der Waals surface area contributed by atoms with Crippen molar-refractivity contribution in [1.29, 1.82) is 0 Å². The van der Waals surface area contributed by atoms with Crippen LogP contribution in [0.5, 0.6) is 0 Å². The molecule has 0 aliphatic carbocycles. The van der Waals surface area contributed by atoms with E-state index in [1.807, 2.05) is 42.9 Å². The number of aryl methyl sites for hydroxylation is 2. The molecule has 114 valence electrons. The maximum atomic E-state index is 6.39. The van der Waals surface area contributed by atoms with Gasteiger partial charge in [0.1, 0.15) is 0 Å². The highest BCUT2D eigenvalue weighted by atomic mass is 35.5. The minimum absolute atomic E-state index is 0.0704. The molecule has 2 aromatic rings. The number of nitrogens with two attached hydrogens (primary N) is 1. The Morgan fingerprint density at radius 3 is 2.67 bits per heavy atom. The average molecular weight is 327 g/mol. The van der Waals surface area contributed by atoms with E-state index in [0.29, 0.717) is 6.42 Å². The molecule has 0 aliphatic rings. The van der Waals surface area contributed by atoms with E-state index in [1.54, 1.807) is 0 Å². The fraction of sp³-hybridized carbons (Fsp3) is 0.400. The van der Waals surface area contributed by atoms with Crippen LogP contribution in [0, 0.1) is 0 Å². The number of rotatable bonds is 6. The van der Waals surface area contributed by atoms with Gasteiger partial charge in [-0.25, -0.2) is 0 Å². The first-order valence-corrected chi connectivity index (χ1v) is 7.71. The molecule has 0 bridgehead atoms. The van der Waals surface area contributed by atoms with Crippen LogP contribution in [-0.2, 0) is 26.3 Å². The van der Waals surface area contributed by atoms with Crippen LogP contribution < -0.4 is 11.3 Å². The Balaban J connectivity index is 2.14. The highest BCUT2D eigenvalue weighted by Crippen LogP contribution is 2.23. The predicted octanol–water partition coefficient (Wildman–Crippen LogP) is 2.91. The number of hydrogen-bond acceptors (Lipinski definition) is 3. The molecule has 21 heavy (non-hydrogen) atoms. The lowest BCUT2D eigenvalue weighted by Gasteiger charge is -2.16. The topological polar surface area (TPSA) is 55.9 Å². The Bertz CT molecular complexity index is 610. The molecule has 1 aromatic carbocycles. The van der Waals surface area contributed by atoms with Crippen molar-refractivity contribution in [1.82, 2.24) is 15.2 Å². The molecule has 0 saturated carbocycles. The molecule has 2 rings (SSSR count). The van der Waals surface area contributed by atoms with Crippen molar-refractivity contribution < 1.29 is 0 Å². The molecule has 1 aromatic heterocycles. The number of aromatic nitrogens is 2. The molecule has 0 saturated heterocycles. The Labute approximate surface area is 135 Å². The number of hydrogen-bond donors (Lipinski definition) is 2. The normalized spacial score (nSPS) is 12.6. The molecular weight excluding hydrogens is 307 g/mol. The summed E-state index contributed by atoms with van der Waals surface area (Å²) in [5, 5.41) is 5.91.